The molecule has 0 amide bonds. The molecule has 2 aromatic carbocycles. The van der Waals surface area contributed by atoms with E-state index in [2.05, 4.69) is 4.98 Å². The van der Waals surface area contributed by atoms with Gasteiger partial charge in [-0.2, -0.15) is 0 Å². The largest absolute Gasteiger partial charge is 0.393 e. The summed E-state index contributed by atoms with van der Waals surface area (Å²) >= 11 is 0. The van der Waals surface area contributed by atoms with Crippen molar-refractivity contribution in [2.75, 3.05) is 0 Å². The fourth-order valence-electron chi connectivity index (χ4n) is 5.06. The zero-order valence-electron chi connectivity index (χ0n) is 15.4. The van der Waals surface area contributed by atoms with Gasteiger partial charge in [-0.1, -0.05) is 24.3 Å². The molecule has 3 nitrogen and oxygen atoms in total. The van der Waals surface area contributed by atoms with E-state index in [9.17, 15) is 13.9 Å². The van der Waals surface area contributed by atoms with Gasteiger partial charge in [0.1, 0.15) is 11.6 Å². The van der Waals surface area contributed by atoms with Crippen LogP contribution < -0.4 is 0 Å². The van der Waals surface area contributed by atoms with Gasteiger partial charge in [0, 0.05) is 11.1 Å². The third kappa shape index (κ3) is 2.85. The molecule has 144 valence electrons. The number of hydrogen-bond donors (Lipinski definition) is 1. The van der Waals surface area contributed by atoms with Crippen LogP contribution in [0.2, 0.25) is 0 Å². The van der Waals surface area contributed by atoms with E-state index in [-0.39, 0.29) is 23.6 Å². The van der Waals surface area contributed by atoms with E-state index in [0.717, 1.165) is 36.1 Å². The molecular formula is C23H22F2N2O. The van der Waals surface area contributed by atoms with E-state index >= 15 is 0 Å². The maximum Gasteiger partial charge on any atom is 0.129 e. The summed E-state index contributed by atoms with van der Waals surface area (Å²) in [4.78, 5) is 4.21. The average Bonchev–Trinajstić information content (AvgIpc) is 3.40. The highest BCUT2D eigenvalue weighted by Crippen LogP contribution is 2.46. The van der Waals surface area contributed by atoms with Crippen LogP contribution in [-0.4, -0.2) is 20.8 Å². The first kappa shape index (κ1) is 17.6. The highest BCUT2D eigenvalue weighted by molar-refractivity contribution is 5.69. The Bertz CT molecular complexity index is 998. The van der Waals surface area contributed by atoms with E-state index in [4.69, 9.17) is 0 Å². The van der Waals surface area contributed by atoms with Crippen molar-refractivity contribution in [1.82, 2.24) is 9.55 Å². The van der Waals surface area contributed by atoms with E-state index in [1.54, 1.807) is 18.6 Å². The molecule has 4 atom stereocenters. The molecule has 1 N–H and O–H groups in total. The summed E-state index contributed by atoms with van der Waals surface area (Å²) in [7, 11) is 0. The third-order valence-corrected chi connectivity index (χ3v) is 6.49. The predicted octanol–water partition coefficient (Wildman–Crippen LogP) is 5.07. The molecule has 5 rings (SSSR count). The Morgan fingerprint density at radius 3 is 2.75 bits per heavy atom. The van der Waals surface area contributed by atoms with Crippen molar-refractivity contribution >= 4 is 0 Å². The molecule has 0 saturated heterocycles. The Balaban J connectivity index is 1.34. The van der Waals surface area contributed by atoms with Crippen LogP contribution in [0.5, 0.6) is 0 Å². The van der Waals surface area contributed by atoms with E-state index < -0.39 is 6.10 Å². The van der Waals surface area contributed by atoms with Crippen LogP contribution in [0, 0.1) is 17.6 Å². The quantitative estimate of drug-likeness (QED) is 0.687. The molecule has 5 heteroatoms. The lowest BCUT2D eigenvalue weighted by molar-refractivity contribution is 0.0906. The summed E-state index contributed by atoms with van der Waals surface area (Å²) in [6, 6.07) is 11.6. The summed E-state index contributed by atoms with van der Waals surface area (Å²) in [5.74, 6) is 0.0555. The smallest absolute Gasteiger partial charge is 0.129 e. The highest BCUT2D eigenvalue weighted by atomic mass is 19.1. The van der Waals surface area contributed by atoms with Crippen molar-refractivity contribution in [1.29, 1.82) is 0 Å². The molecule has 1 aliphatic heterocycles. The molecule has 0 bridgehead atoms. The van der Waals surface area contributed by atoms with Crippen LogP contribution in [0.3, 0.4) is 0 Å². The molecule has 3 aromatic rings. The van der Waals surface area contributed by atoms with Gasteiger partial charge in [0.25, 0.3) is 0 Å². The van der Waals surface area contributed by atoms with Crippen molar-refractivity contribution in [3.8, 4) is 11.3 Å². The minimum absolute atomic E-state index is 0.165. The minimum atomic E-state index is -0.517. The van der Waals surface area contributed by atoms with Gasteiger partial charge in [0.2, 0.25) is 0 Å². The lowest BCUT2D eigenvalue weighted by Gasteiger charge is -2.24. The van der Waals surface area contributed by atoms with Crippen molar-refractivity contribution in [3.05, 3.63) is 77.8 Å². The Morgan fingerprint density at radius 2 is 1.93 bits per heavy atom. The van der Waals surface area contributed by atoms with Gasteiger partial charge >= 0.3 is 0 Å². The maximum absolute atomic E-state index is 14.6. The molecule has 1 aromatic heterocycles. The van der Waals surface area contributed by atoms with Gasteiger partial charge in [-0.3, -0.25) is 0 Å². The van der Waals surface area contributed by atoms with Crippen LogP contribution >= 0.6 is 0 Å². The van der Waals surface area contributed by atoms with Gasteiger partial charge in [0.05, 0.1) is 30.4 Å². The number of halogens is 2. The number of aromatic nitrogens is 2. The van der Waals surface area contributed by atoms with Crippen molar-refractivity contribution in [2.45, 2.75) is 43.7 Å². The minimum Gasteiger partial charge on any atom is -0.393 e. The Morgan fingerprint density at radius 1 is 1.11 bits per heavy atom. The monoisotopic (exact) mass is 380 g/mol. The first-order valence-electron chi connectivity index (χ1n) is 9.86. The van der Waals surface area contributed by atoms with Crippen molar-refractivity contribution in [3.63, 3.8) is 0 Å². The first-order valence-corrected chi connectivity index (χ1v) is 9.86. The maximum atomic E-state index is 14.6. The number of rotatable bonds is 4. The zero-order chi connectivity index (χ0) is 19.3. The van der Waals surface area contributed by atoms with Gasteiger partial charge < -0.3 is 9.67 Å². The van der Waals surface area contributed by atoms with Crippen LogP contribution in [0.1, 0.15) is 48.8 Å². The SMILES string of the molecule is OC(CC1c2c(F)cccc2-c2cncn21)C1CCC(c2ccc(F)cc2)C1. The Hall–Kier alpha value is -2.53. The number of hydrogen-bond acceptors (Lipinski definition) is 2. The van der Waals surface area contributed by atoms with Crippen LogP contribution in [0.15, 0.2) is 55.0 Å². The standard InChI is InChI=1S/C23H22F2N2O/c24-17-8-6-14(7-9-17)15-4-5-16(10-15)22(28)11-20-23-18(2-1-3-19(23)25)21-12-26-13-27(20)21/h1-3,6-9,12-13,15-16,20,22,28H,4-5,10-11H2. The molecule has 2 heterocycles. The predicted molar refractivity (Wildman–Crippen MR) is 103 cm³/mol. The van der Waals surface area contributed by atoms with Gasteiger partial charge in [-0.05, 0) is 61.3 Å². The molecule has 1 fully saturated rings. The van der Waals surface area contributed by atoms with E-state index in [1.165, 1.54) is 18.2 Å². The van der Waals surface area contributed by atoms with Gasteiger partial charge in [-0.15, -0.1) is 0 Å². The molecule has 0 spiro atoms. The second-order valence-corrected chi connectivity index (χ2v) is 8.03. The summed E-state index contributed by atoms with van der Waals surface area (Å²) in [5.41, 5.74) is 3.56. The average molecular weight is 380 g/mol. The van der Waals surface area contributed by atoms with E-state index in [1.807, 2.05) is 22.8 Å². The Kier molecular flexibility index (Phi) is 4.27. The van der Waals surface area contributed by atoms with Crippen LogP contribution in [-0.2, 0) is 0 Å². The van der Waals surface area contributed by atoms with Gasteiger partial charge in [0.15, 0.2) is 0 Å². The second kappa shape index (κ2) is 6.82. The molecule has 0 radical (unpaired) electrons. The molecule has 28 heavy (non-hydrogen) atoms. The number of imidazole rings is 1. The summed E-state index contributed by atoms with van der Waals surface area (Å²) in [6.07, 6.45) is 6.22. The summed E-state index contributed by atoms with van der Waals surface area (Å²) in [5, 5.41) is 11.0. The Labute approximate surface area is 162 Å². The van der Waals surface area contributed by atoms with Crippen LogP contribution in [0.25, 0.3) is 11.3 Å². The van der Waals surface area contributed by atoms with Crippen LogP contribution in [0.4, 0.5) is 8.78 Å². The lowest BCUT2D eigenvalue weighted by atomic mass is 9.89. The number of aliphatic hydroxyl groups excluding tert-OH is 1. The van der Waals surface area contributed by atoms with Crippen molar-refractivity contribution in [2.24, 2.45) is 5.92 Å². The molecule has 1 aliphatic carbocycles. The highest BCUT2D eigenvalue weighted by Gasteiger charge is 2.36. The third-order valence-electron chi connectivity index (χ3n) is 6.49. The first-order chi connectivity index (χ1) is 13.6. The molecule has 1 saturated carbocycles. The number of benzene rings is 2. The number of fused-ring (bicyclic) bond motifs is 3. The fourth-order valence-corrected chi connectivity index (χ4v) is 5.06. The molecular weight excluding hydrogens is 358 g/mol. The summed E-state index contributed by atoms with van der Waals surface area (Å²) in [6.45, 7) is 0. The topological polar surface area (TPSA) is 38.1 Å². The molecule has 2 aliphatic rings. The second-order valence-electron chi connectivity index (χ2n) is 8.03. The van der Waals surface area contributed by atoms with Crippen molar-refractivity contribution < 1.29 is 13.9 Å². The number of aliphatic hydroxyl groups is 1. The number of nitrogens with zero attached hydrogens (tertiary/aromatic N) is 2. The summed E-state index contributed by atoms with van der Waals surface area (Å²) < 4.78 is 29.7. The zero-order valence-corrected chi connectivity index (χ0v) is 15.4. The van der Waals surface area contributed by atoms with E-state index in [0.29, 0.717) is 17.9 Å². The normalized spacial score (nSPS) is 24.2. The van der Waals surface area contributed by atoms with Gasteiger partial charge in [-0.25, -0.2) is 13.8 Å². The lowest BCUT2D eigenvalue weighted by Crippen LogP contribution is -2.23. The molecule has 4 unspecified atom stereocenters. The fraction of sp³-hybridized carbons (Fsp3) is 0.348.